The average Bonchev–Trinajstić information content (AvgIpc) is 2.24. The van der Waals surface area contributed by atoms with Crippen molar-refractivity contribution < 1.29 is 14.6 Å². The Kier molecular flexibility index (Phi) is 3.10. The van der Waals surface area contributed by atoms with Crippen LogP contribution in [0.1, 0.15) is 12.0 Å². The molecule has 2 rings (SSSR count). The summed E-state index contributed by atoms with van der Waals surface area (Å²) >= 11 is 0. The van der Waals surface area contributed by atoms with Gasteiger partial charge in [0.1, 0.15) is 11.8 Å². The third-order valence-electron chi connectivity index (χ3n) is 2.96. The molecule has 0 saturated carbocycles. The van der Waals surface area contributed by atoms with Gasteiger partial charge >= 0.3 is 5.97 Å². The Hall–Kier alpha value is -1.55. The first-order valence-electron chi connectivity index (χ1n) is 5.30. The molecule has 4 heteroatoms. The second-order valence-electron chi connectivity index (χ2n) is 3.96. The zero-order valence-electron chi connectivity index (χ0n) is 9.22. The van der Waals surface area contributed by atoms with E-state index in [0.717, 1.165) is 24.3 Å². The number of aliphatic carboxylic acids is 1. The van der Waals surface area contributed by atoms with Gasteiger partial charge < -0.3 is 9.84 Å². The predicted octanol–water partition coefficient (Wildman–Crippen LogP) is 1.35. The molecule has 0 amide bonds. The maximum Gasteiger partial charge on any atom is 0.320 e. The first kappa shape index (κ1) is 11.0. The Balaban J connectivity index is 1.96. The minimum absolute atomic E-state index is 0.304. The molecule has 16 heavy (non-hydrogen) atoms. The summed E-state index contributed by atoms with van der Waals surface area (Å²) in [6, 6.07) is 7.42. The number of carboxylic acid groups (broad SMARTS) is 1. The van der Waals surface area contributed by atoms with Crippen LogP contribution >= 0.6 is 0 Å². The quantitative estimate of drug-likeness (QED) is 0.834. The van der Waals surface area contributed by atoms with Gasteiger partial charge in [0.2, 0.25) is 0 Å². The molecule has 1 aliphatic heterocycles. The molecule has 1 aliphatic rings. The monoisotopic (exact) mass is 221 g/mol. The number of ether oxygens (including phenoxy) is 1. The number of likely N-dealkylation sites (tertiary alicyclic amines) is 1. The number of hydrogen-bond donors (Lipinski definition) is 1. The summed E-state index contributed by atoms with van der Waals surface area (Å²) in [5, 5.41) is 8.90. The van der Waals surface area contributed by atoms with Crippen LogP contribution in [0.3, 0.4) is 0 Å². The zero-order valence-corrected chi connectivity index (χ0v) is 9.22. The molecule has 0 radical (unpaired) electrons. The highest BCUT2D eigenvalue weighted by Gasteiger charge is 2.33. The Morgan fingerprint density at radius 1 is 1.50 bits per heavy atom. The van der Waals surface area contributed by atoms with E-state index in [9.17, 15) is 4.79 Å². The lowest BCUT2D eigenvalue weighted by molar-refractivity contribution is -0.148. The fourth-order valence-electron chi connectivity index (χ4n) is 1.88. The van der Waals surface area contributed by atoms with Crippen molar-refractivity contribution in [2.24, 2.45) is 0 Å². The van der Waals surface area contributed by atoms with Crippen molar-refractivity contribution in [2.45, 2.75) is 19.0 Å². The summed E-state index contributed by atoms with van der Waals surface area (Å²) in [4.78, 5) is 12.8. The normalized spacial score (nSPS) is 20.2. The minimum Gasteiger partial charge on any atom is -0.497 e. The lowest BCUT2D eigenvalue weighted by Gasteiger charge is -2.37. The van der Waals surface area contributed by atoms with E-state index in [2.05, 4.69) is 0 Å². The van der Waals surface area contributed by atoms with Gasteiger partial charge in [-0.1, -0.05) is 12.1 Å². The molecular weight excluding hydrogens is 206 g/mol. The van der Waals surface area contributed by atoms with Gasteiger partial charge in [-0.05, 0) is 24.1 Å². The van der Waals surface area contributed by atoms with Gasteiger partial charge in [-0.2, -0.15) is 0 Å². The summed E-state index contributed by atoms with van der Waals surface area (Å²) in [6.45, 7) is 1.56. The third kappa shape index (κ3) is 2.17. The van der Waals surface area contributed by atoms with Gasteiger partial charge in [-0.25, -0.2) is 0 Å². The highest BCUT2D eigenvalue weighted by molar-refractivity contribution is 5.74. The smallest absolute Gasteiger partial charge is 0.320 e. The summed E-state index contributed by atoms with van der Waals surface area (Å²) in [6.07, 6.45) is 0.755. The van der Waals surface area contributed by atoms with Crippen LogP contribution in [0.4, 0.5) is 0 Å². The maximum absolute atomic E-state index is 10.8. The topological polar surface area (TPSA) is 49.8 Å². The molecule has 1 heterocycles. The fourth-order valence-corrected chi connectivity index (χ4v) is 1.88. The van der Waals surface area contributed by atoms with Crippen molar-refractivity contribution in [3.8, 4) is 5.75 Å². The van der Waals surface area contributed by atoms with Crippen LogP contribution in [0.5, 0.6) is 5.75 Å². The van der Waals surface area contributed by atoms with Crippen LogP contribution in [0, 0.1) is 0 Å². The van der Waals surface area contributed by atoms with Gasteiger partial charge in [0.15, 0.2) is 0 Å². The number of hydrogen-bond acceptors (Lipinski definition) is 3. The van der Waals surface area contributed by atoms with Gasteiger partial charge in [0, 0.05) is 13.1 Å². The summed E-state index contributed by atoms with van der Waals surface area (Å²) in [5.41, 5.74) is 1.12. The third-order valence-corrected chi connectivity index (χ3v) is 2.96. The van der Waals surface area contributed by atoms with Crippen molar-refractivity contribution in [2.75, 3.05) is 13.7 Å². The summed E-state index contributed by atoms with van der Waals surface area (Å²) < 4.78 is 5.07. The van der Waals surface area contributed by atoms with E-state index >= 15 is 0 Å². The lowest BCUT2D eigenvalue weighted by atomic mass is 10.0. The van der Waals surface area contributed by atoms with E-state index in [4.69, 9.17) is 9.84 Å². The van der Waals surface area contributed by atoms with E-state index in [0.29, 0.717) is 6.54 Å². The van der Waals surface area contributed by atoms with Crippen molar-refractivity contribution in [1.29, 1.82) is 0 Å². The molecule has 86 valence electrons. The summed E-state index contributed by atoms with van der Waals surface area (Å²) in [5.74, 6) is 0.0990. The molecule has 1 N–H and O–H groups in total. The molecule has 0 aliphatic carbocycles. The highest BCUT2D eigenvalue weighted by Crippen LogP contribution is 2.21. The maximum atomic E-state index is 10.8. The highest BCUT2D eigenvalue weighted by atomic mass is 16.5. The largest absolute Gasteiger partial charge is 0.497 e. The number of methoxy groups -OCH3 is 1. The SMILES string of the molecule is COc1ccc(CN2CC[C@H]2C(=O)O)cc1. The minimum atomic E-state index is -0.722. The Labute approximate surface area is 94.4 Å². The zero-order chi connectivity index (χ0) is 11.5. The van der Waals surface area contributed by atoms with Gasteiger partial charge in [-0.15, -0.1) is 0 Å². The second-order valence-corrected chi connectivity index (χ2v) is 3.96. The molecule has 4 nitrogen and oxygen atoms in total. The summed E-state index contributed by atoms with van der Waals surface area (Å²) in [7, 11) is 1.63. The molecule has 0 aromatic heterocycles. The van der Waals surface area contributed by atoms with Crippen LogP contribution in [-0.2, 0) is 11.3 Å². The van der Waals surface area contributed by atoms with Crippen LogP contribution in [0.25, 0.3) is 0 Å². The number of rotatable bonds is 4. The van der Waals surface area contributed by atoms with Gasteiger partial charge in [-0.3, -0.25) is 9.69 Å². The van der Waals surface area contributed by atoms with Gasteiger partial charge in [0.05, 0.1) is 7.11 Å². The van der Waals surface area contributed by atoms with Crippen molar-refractivity contribution in [3.05, 3.63) is 29.8 Å². The molecule has 0 bridgehead atoms. The van der Waals surface area contributed by atoms with Crippen molar-refractivity contribution in [1.82, 2.24) is 4.90 Å². The molecule has 1 atom stereocenters. The van der Waals surface area contributed by atoms with E-state index < -0.39 is 5.97 Å². The molecule has 1 fully saturated rings. The first-order valence-corrected chi connectivity index (χ1v) is 5.30. The van der Waals surface area contributed by atoms with E-state index in [1.54, 1.807) is 7.11 Å². The lowest BCUT2D eigenvalue weighted by Crippen LogP contribution is -2.51. The van der Waals surface area contributed by atoms with Crippen LogP contribution in [-0.4, -0.2) is 35.7 Å². The van der Waals surface area contributed by atoms with E-state index in [1.807, 2.05) is 29.2 Å². The number of carboxylic acids is 1. The van der Waals surface area contributed by atoms with Crippen molar-refractivity contribution >= 4 is 5.97 Å². The molecule has 0 unspecified atom stereocenters. The molecular formula is C12H15NO3. The van der Waals surface area contributed by atoms with E-state index in [-0.39, 0.29) is 6.04 Å². The second kappa shape index (κ2) is 4.53. The Morgan fingerprint density at radius 2 is 2.19 bits per heavy atom. The number of benzene rings is 1. The first-order chi connectivity index (χ1) is 7.70. The Morgan fingerprint density at radius 3 is 2.62 bits per heavy atom. The number of carbonyl (C=O) groups is 1. The average molecular weight is 221 g/mol. The van der Waals surface area contributed by atoms with Crippen LogP contribution in [0.2, 0.25) is 0 Å². The van der Waals surface area contributed by atoms with Crippen LogP contribution < -0.4 is 4.74 Å². The molecule has 0 spiro atoms. The van der Waals surface area contributed by atoms with Crippen molar-refractivity contribution in [3.63, 3.8) is 0 Å². The van der Waals surface area contributed by atoms with E-state index in [1.165, 1.54) is 0 Å². The number of nitrogens with zero attached hydrogens (tertiary/aromatic N) is 1. The molecule has 1 saturated heterocycles. The molecule has 1 aromatic rings. The standard InChI is InChI=1S/C12H15NO3/c1-16-10-4-2-9(3-5-10)8-13-7-6-11(13)12(14)15/h2-5,11H,6-8H2,1H3,(H,14,15)/t11-/m0/s1. The molecule has 1 aromatic carbocycles. The fraction of sp³-hybridized carbons (Fsp3) is 0.417. The van der Waals surface area contributed by atoms with Gasteiger partial charge in [0.25, 0.3) is 0 Å². The van der Waals surface area contributed by atoms with Crippen LogP contribution in [0.15, 0.2) is 24.3 Å². The predicted molar refractivity (Wildman–Crippen MR) is 59.4 cm³/mol. The Bertz CT molecular complexity index is 374.